The lowest BCUT2D eigenvalue weighted by Crippen LogP contribution is -2.37. The lowest BCUT2D eigenvalue weighted by molar-refractivity contribution is -0.246. The number of ether oxygens (including phenoxy) is 2. The molecule has 0 radical (unpaired) electrons. The predicted octanol–water partition coefficient (Wildman–Crippen LogP) is 5.45. The molecule has 0 saturated heterocycles. The molecule has 0 heterocycles. The lowest BCUT2D eigenvalue weighted by Gasteiger charge is -2.34. The van der Waals surface area contributed by atoms with Gasteiger partial charge in [-0.3, -0.25) is 0 Å². The smallest absolute Gasteiger partial charge is 0.168 e. The molecule has 0 spiro atoms. The first-order chi connectivity index (χ1) is 9.33. The molecule has 19 heavy (non-hydrogen) atoms. The molecule has 0 aromatic rings. The Morgan fingerprint density at radius 2 is 1.00 bits per heavy atom. The van der Waals surface area contributed by atoms with Crippen LogP contribution in [0.15, 0.2) is 0 Å². The summed E-state index contributed by atoms with van der Waals surface area (Å²) in [6.45, 7) is 6.03. The highest BCUT2D eigenvalue weighted by molar-refractivity contribution is 4.72. The zero-order chi connectivity index (χ0) is 13.8. The van der Waals surface area contributed by atoms with Gasteiger partial charge >= 0.3 is 0 Å². The second kappa shape index (κ2) is 10.7. The van der Waals surface area contributed by atoms with E-state index in [0.717, 1.165) is 38.9 Å². The minimum Gasteiger partial charge on any atom is -0.350 e. The van der Waals surface area contributed by atoms with Crippen LogP contribution in [0.25, 0.3) is 0 Å². The summed E-state index contributed by atoms with van der Waals surface area (Å²) in [6.07, 6.45) is 15.1. The lowest BCUT2D eigenvalue weighted by atomic mass is 10.0. The molecule has 1 saturated carbocycles. The summed E-state index contributed by atoms with van der Waals surface area (Å²) in [5.74, 6) is -0.267. The minimum absolute atomic E-state index is 0.267. The average molecular weight is 270 g/mol. The first kappa shape index (κ1) is 17.0. The highest BCUT2D eigenvalue weighted by Gasteiger charge is 2.30. The Kier molecular flexibility index (Phi) is 9.54. The van der Waals surface area contributed by atoms with E-state index >= 15 is 0 Å². The molecule has 0 amide bonds. The molecule has 1 aliphatic carbocycles. The molecule has 0 unspecified atom stereocenters. The number of hydrogen-bond donors (Lipinski definition) is 0. The zero-order valence-corrected chi connectivity index (χ0v) is 13.2. The van der Waals surface area contributed by atoms with Crippen molar-refractivity contribution in [3.63, 3.8) is 0 Å². The normalized spacial score (nSPS) is 21.8. The fraction of sp³-hybridized carbons (Fsp3) is 1.00. The van der Waals surface area contributed by atoms with Crippen molar-refractivity contribution >= 4 is 0 Å². The van der Waals surface area contributed by atoms with Crippen molar-refractivity contribution in [1.29, 1.82) is 0 Å². The van der Waals surface area contributed by atoms with Crippen molar-refractivity contribution in [2.75, 3.05) is 13.2 Å². The van der Waals surface area contributed by atoms with Crippen molar-refractivity contribution in [2.45, 2.75) is 96.7 Å². The third-order valence-corrected chi connectivity index (χ3v) is 4.00. The van der Waals surface area contributed by atoms with Crippen LogP contribution in [0, 0.1) is 0 Å². The van der Waals surface area contributed by atoms with Crippen LogP contribution >= 0.6 is 0 Å². The van der Waals surface area contributed by atoms with E-state index in [4.69, 9.17) is 9.47 Å². The van der Waals surface area contributed by atoms with Crippen molar-refractivity contribution in [1.82, 2.24) is 0 Å². The van der Waals surface area contributed by atoms with Gasteiger partial charge < -0.3 is 9.47 Å². The van der Waals surface area contributed by atoms with Crippen LogP contribution in [0.4, 0.5) is 0 Å². The summed E-state index contributed by atoms with van der Waals surface area (Å²) in [4.78, 5) is 0. The molecule has 1 fully saturated rings. The summed E-state index contributed by atoms with van der Waals surface area (Å²) in [5.41, 5.74) is 0. The number of rotatable bonds is 6. The van der Waals surface area contributed by atoms with E-state index in [1.807, 2.05) is 0 Å². The second-order valence-corrected chi connectivity index (χ2v) is 5.94. The van der Waals surface area contributed by atoms with Gasteiger partial charge in [0.2, 0.25) is 0 Å². The Hall–Kier alpha value is -0.0800. The molecule has 114 valence electrons. The van der Waals surface area contributed by atoms with Gasteiger partial charge in [-0.25, -0.2) is 0 Å². The van der Waals surface area contributed by atoms with Gasteiger partial charge in [0, 0.05) is 26.1 Å². The molecule has 1 aliphatic rings. The van der Waals surface area contributed by atoms with Gasteiger partial charge in [0.25, 0.3) is 0 Å². The largest absolute Gasteiger partial charge is 0.350 e. The molecule has 0 aromatic heterocycles. The zero-order valence-electron chi connectivity index (χ0n) is 13.2. The summed E-state index contributed by atoms with van der Waals surface area (Å²) >= 11 is 0. The molecule has 2 nitrogen and oxygen atoms in total. The summed E-state index contributed by atoms with van der Waals surface area (Å²) in [6, 6.07) is 0. The Labute approximate surface area is 120 Å². The van der Waals surface area contributed by atoms with Crippen molar-refractivity contribution in [2.24, 2.45) is 0 Å². The highest BCUT2D eigenvalue weighted by atomic mass is 16.7. The van der Waals surface area contributed by atoms with E-state index in [9.17, 15) is 0 Å². The van der Waals surface area contributed by atoms with E-state index in [1.54, 1.807) is 0 Å². The van der Waals surface area contributed by atoms with E-state index in [0.29, 0.717) is 0 Å². The maximum absolute atomic E-state index is 6.17. The van der Waals surface area contributed by atoms with Crippen molar-refractivity contribution < 1.29 is 9.47 Å². The maximum atomic E-state index is 6.17. The van der Waals surface area contributed by atoms with E-state index in [2.05, 4.69) is 13.8 Å². The van der Waals surface area contributed by atoms with Crippen molar-refractivity contribution in [3.05, 3.63) is 0 Å². The quantitative estimate of drug-likeness (QED) is 0.597. The van der Waals surface area contributed by atoms with E-state index in [1.165, 1.54) is 51.4 Å². The van der Waals surface area contributed by atoms with Gasteiger partial charge in [-0.2, -0.15) is 0 Å². The highest BCUT2D eigenvalue weighted by Crippen LogP contribution is 2.30. The molecular weight excluding hydrogens is 236 g/mol. The Bertz CT molecular complexity index is 181. The van der Waals surface area contributed by atoms with Gasteiger partial charge in [0.15, 0.2) is 5.79 Å². The third kappa shape index (κ3) is 7.31. The van der Waals surface area contributed by atoms with Crippen LogP contribution in [-0.2, 0) is 9.47 Å². The van der Waals surface area contributed by atoms with Gasteiger partial charge in [-0.15, -0.1) is 0 Å². The Morgan fingerprint density at radius 1 is 0.632 bits per heavy atom. The second-order valence-electron chi connectivity index (χ2n) is 5.94. The fourth-order valence-corrected chi connectivity index (χ4v) is 2.88. The van der Waals surface area contributed by atoms with Crippen LogP contribution in [0.3, 0.4) is 0 Å². The average Bonchev–Trinajstić information content (AvgIpc) is 2.48. The van der Waals surface area contributed by atoms with Crippen LogP contribution in [0.1, 0.15) is 90.9 Å². The molecule has 0 N–H and O–H groups in total. The van der Waals surface area contributed by atoms with Gasteiger partial charge in [0.05, 0.1) is 0 Å². The minimum atomic E-state index is -0.267. The van der Waals surface area contributed by atoms with Gasteiger partial charge in [-0.1, -0.05) is 52.4 Å². The topological polar surface area (TPSA) is 18.5 Å². The summed E-state index contributed by atoms with van der Waals surface area (Å²) in [5, 5.41) is 0. The van der Waals surface area contributed by atoms with Crippen LogP contribution in [0.2, 0.25) is 0 Å². The Balaban J connectivity index is 2.56. The standard InChI is InChI=1S/C17H34O2/c1-3-15-18-17(19-16-4-2)13-11-9-7-5-6-8-10-12-14-17/h3-16H2,1-2H3. The molecule has 0 bridgehead atoms. The summed E-state index contributed by atoms with van der Waals surface area (Å²) in [7, 11) is 0. The monoisotopic (exact) mass is 270 g/mol. The van der Waals surface area contributed by atoms with Crippen LogP contribution in [0.5, 0.6) is 0 Å². The Morgan fingerprint density at radius 3 is 1.37 bits per heavy atom. The van der Waals surface area contributed by atoms with Crippen LogP contribution in [-0.4, -0.2) is 19.0 Å². The maximum Gasteiger partial charge on any atom is 0.168 e. The SMILES string of the molecule is CCCOC1(OCCC)CCCCCCCCCC1. The first-order valence-electron chi connectivity index (χ1n) is 8.61. The van der Waals surface area contributed by atoms with E-state index < -0.39 is 0 Å². The summed E-state index contributed by atoms with van der Waals surface area (Å²) < 4.78 is 12.3. The molecule has 1 rings (SSSR count). The van der Waals surface area contributed by atoms with Crippen LogP contribution < -0.4 is 0 Å². The molecule has 0 atom stereocenters. The fourth-order valence-electron chi connectivity index (χ4n) is 2.88. The van der Waals surface area contributed by atoms with E-state index in [-0.39, 0.29) is 5.79 Å². The van der Waals surface area contributed by atoms with Gasteiger partial charge in [0.1, 0.15) is 0 Å². The third-order valence-electron chi connectivity index (χ3n) is 4.00. The molecule has 0 aromatic carbocycles. The predicted molar refractivity (Wildman–Crippen MR) is 81.4 cm³/mol. The molecule has 0 aliphatic heterocycles. The van der Waals surface area contributed by atoms with Crippen molar-refractivity contribution in [3.8, 4) is 0 Å². The van der Waals surface area contributed by atoms with Gasteiger partial charge in [-0.05, 0) is 25.7 Å². The molecule has 2 heteroatoms. The first-order valence-corrected chi connectivity index (χ1v) is 8.61. The number of hydrogen-bond acceptors (Lipinski definition) is 2. The molecular formula is C17H34O2.